The molecule has 8 rings (SSSR count). The number of anilines is 1. The highest BCUT2D eigenvalue weighted by Crippen LogP contribution is 2.38. The number of piperidine rings is 1. The van der Waals surface area contributed by atoms with Crippen LogP contribution in [0.3, 0.4) is 0 Å². The van der Waals surface area contributed by atoms with Gasteiger partial charge in [0.05, 0.1) is 17.3 Å². The third-order valence-corrected chi connectivity index (χ3v) is 9.39. The maximum Gasteiger partial charge on any atom is 0.254 e. The molecule has 0 spiro atoms. The Labute approximate surface area is 237 Å². The molecule has 2 N–H and O–H groups in total. The molecule has 202 valence electrons. The Morgan fingerprint density at radius 3 is 2.77 bits per heavy atom. The molecule has 0 radical (unpaired) electrons. The molecule has 1 saturated heterocycles. The fourth-order valence-corrected chi connectivity index (χ4v) is 6.81. The van der Waals surface area contributed by atoms with E-state index in [0.29, 0.717) is 0 Å². The molecular weight excluding hydrogens is 516 g/mol. The number of H-pyrrole nitrogens is 1. The number of thiophene rings is 1. The van der Waals surface area contributed by atoms with Crippen molar-refractivity contribution in [3.05, 3.63) is 82.6 Å². The number of amides is 1. The standard InChI is InChI=1S/C32H32N6OS/c39-32(24-12-17-40-19-24)37-14-10-22(11-15-37)31-36-28(29-30(34-25-8-9-25)33-13-16-38(29)31)26-18-23-3-1-2-21(27(23)35-26)7-6-20-4-5-20/h1-3,8-9,12-13,16-20,22,25,35H,4-7,10-11,14-15H2,(H,33,34). The van der Waals surface area contributed by atoms with Gasteiger partial charge in [-0.3, -0.25) is 9.20 Å². The molecule has 4 aromatic heterocycles. The van der Waals surface area contributed by atoms with Crippen molar-refractivity contribution in [2.24, 2.45) is 5.92 Å². The summed E-state index contributed by atoms with van der Waals surface area (Å²) < 4.78 is 2.23. The van der Waals surface area contributed by atoms with E-state index in [0.717, 1.165) is 72.4 Å². The van der Waals surface area contributed by atoms with Crippen molar-refractivity contribution in [3.63, 3.8) is 0 Å². The highest BCUT2D eigenvalue weighted by atomic mass is 32.1. The maximum absolute atomic E-state index is 12.9. The number of hydrogen-bond acceptors (Lipinski definition) is 5. The minimum atomic E-state index is 0.136. The van der Waals surface area contributed by atoms with E-state index in [9.17, 15) is 4.79 Å². The van der Waals surface area contributed by atoms with E-state index >= 15 is 0 Å². The lowest BCUT2D eigenvalue weighted by molar-refractivity contribution is 0.0711. The molecule has 1 aromatic carbocycles. The van der Waals surface area contributed by atoms with E-state index in [1.54, 1.807) is 11.3 Å². The summed E-state index contributed by atoms with van der Waals surface area (Å²) in [4.78, 5) is 28.8. The maximum atomic E-state index is 12.9. The van der Waals surface area contributed by atoms with Gasteiger partial charge in [0.15, 0.2) is 5.82 Å². The molecule has 2 fully saturated rings. The van der Waals surface area contributed by atoms with Crippen LogP contribution < -0.4 is 5.32 Å². The Morgan fingerprint density at radius 1 is 1.12 bits per heavy atom. The molecule has 5 aromatic rings. The van der Waals surface area contributed by atoms with Crippen LogP contribution in [0.1, 0.15) is 59.8 Å². The van der Waals surface area contributed by atoms with Crippen LogP contribution >= 0.6 is 11.3 Å². The van der Waals surface area contributed by atoms with Gasteiger partial charge in [-0.15, -0.1) is 0 Å². The Kier molecular flexibility index (Phi) is 5.76. The highest BCUT2D eigenvalue weighted by Gasteiger charge is 2.30. The predicted molar refractivity (Wildman–Crippen MR) is 160 cm³/mol. The lowest BCUT2D eigenvalue weighted by Gasteiger charge is -2.31. The average Bonchev–Trinajstić information content (AvgIpc) is 3.82. The molecule has 1 aliphatic heterocycles. The summed E-state index contributed by atoms with van der Waals surface area (Å²) in [7, 11) is 0. The van der Waals surface area contributed by atoms with Gasteiger partial charge in [0.25, 0.3) is 5.91 Å². The zero-order valence-corrected chi connectivity index (χ0v) is 23.2. The number of nitrogens with one attached hydrogen (secondary N) is 2. The van der Waals surface area contributed by atoms with Gasteiger partial charge in [-0.2, -0.15) is 11.3 Å². The molecule has 1 saturated carbocycles. The Balaban J connectivity index is 1.16. The van der Waals surface area contributed by atoms with Crippen molar-refractivity contribution in [2.45, 2.75) is 50.5 Å². The van der Waals surface area contributed by atoms with Crippen LogP contribution in [0.2, 0.25) is 0 Å². The van der Waals surface area contributed by atoms with Crippen LogP contribution in [0.15, 0.2) is 65.6 Å². The van der Waals surface area contributed by atoms with E-state index in [2.05, 4.69) is 51.1 Å². The smallest absolute Gasteiger partial charge is 0.254 e. The quantitative estimate of drug-likeness (QED) is 0.213. The zero-order chi connectivity index (χ0) is 26.6. The summed E-state index contributed by atoms with van der Waals surface area (Å²) in [5.74, 6) is 3.21. The Bertz CT molecular complexity index is 1730. The predicted octanol–water partition coefficient (Wildman–Crippen LogP) is 6.65. The summed E-state index contributed by atoms with van der Waals surface area (Å²) in [5, 5.41) is 8.70. The molecule has 1 amide bonds. The van der Waals surface area contributed by atoms with Crippen molar-refractivity contribution in [3.8, 4) is 11.4 Å². The number of carbonyl (C=O) groups excluding carboxylic acids is 1. The summed E-state index contributed by atoms with van der Waals surface area (Å²) >= 11 is 1.57. The van der Waals surface area contributed by atoms with Gasteiger partial charge >= 0.3 is 0 Å². The molecule has 2 aliphatic carbocycles. The molecule has 3 aliphatic rings. The first kappa shape index (κ1) is 23.9. The minimum absolute atomic E-state index is 0.136. The molecule has 7 nitrogen and oxygen atoms in total. The summed E-state index contributed by atoms with van der Waals surface area (Å²) in [5.41, 5.74) is 6.38. The summed E-state index contributed by atoms with van der Waals surface area (Å²) in [6, 6.07) is 11.0. The third-order valence-electron chi connectivity index (χ3n) is 8.70. The molecule has 0 bridgehead atoms. The van der Waals surface area contributed by atoms with Gasteiger partial charge in [0.1, 0.15) is 17.0 Å². The molecule has 5 heterocycles. The largest absolute Gasteiger partial charge is 0.359 e. The van der Waals surface area contributed by atoms with Gasteiger partial charge in [0.2, 0.25) is 0 Å². The van der Waals surface area contributed by atoms with Crippen LogP contribution in [0.4, 0.5) is 5.82 Å². The molecule has 0 unspecified atom stereocenters. The Morgan fingerprint density at radius 2 is 2.00 bits per heavy atom. The highest BCUT2D eigenvalue weighted by molar-refractivity contribution is 7.08. The topological polar surface area (TPSA) is 78.3 Å². The SMILES string of the molecule is O=C(c1ccsc1)N1CCC(c2nc(-c3cc4cccc(CCC5CC5)c4[nH]3)c3c(NC4C=C4)nccn23)CC1. The van der Waals surface area contributed by atoms with E-state index in [1.165, 1.54) is 35.7 Å². The van der Waals surface area contributed by atoms with Gasteiger partial charge < -0.3 is 15.2 Å². The van der Waals surface area contributed by atoms with Crippen LogP contribution in [0.5, 0.6) is 0 Å². The van der Waals surface area contributed by atoms with Gasteiger partial charge in [0, 0.05) is 47.7 Å². The van der Waals surface area contributed by atoms with Crippen molar-refractivity contribution < 1.29 is 4.79 Å². The number of likely N-dealkylation sites (tertiary alicyclic amines) is 1. The number of aromatic amines is 1. The van der Waals surface area contributed by atoms with Crippen LogP contribution in [-0.4, -0.2) is 49.3 Å². The van der Waals surface area contributed by atoms with Crippen LogP contribution in [-0.2, 0) is 6.42 Å². The lowest BCUT2D eigenvalue weighted by Crippen LogP contribution is -2.38. The number of aryl methyl sites for hydroxylation is 1. The first-order chi connectivity index (χ1) is 19.7. The normalized spacial score (nSPS) is 17.8. The van der Waals surface area contributed by atoms with Gasteiger partial charge in [-0.25, -0.2) is 9.97 Å². The van der Waals surface area contributed by atoms with Crippen molar-refractivity contribution in [1.29, 1.82) is 0 Å². The van der Waals surface area contributed by atoms with E-state index in [4.69, 9.17) is 9.97 Å². The lowest BCUT2D eigenvalue weighted by atomic mass is 9.95. The third kappa shape index (κ3) is 4.40. The minimum Gasteiger partial charge on any atom is -0.359 e. The fraction of sp³-hybridized carbons (Fsp3) is 0.344. The molecule has 40 heavy (non-hydrogen) atoms. The first-order valence-corrected chi connectivity index (χ1v) is 15.4. The van der Waals surface area contributed by atoms with Gasteiger partial charge in [-0.1, -0.05) is 43.2 Å². The number of aromatic nitrogens is 4. The Hall–Kier alpha value is -3.91. The number of nitrogens with zero attached hydrogens (tertiary/aromatic N) is 4. The van der Waals surface area contributed by atoms with Crippen molar-refractivity contribution in [2.75, 3.05) is 18.4 Å². The number of para-hydroxylation sites is 1. The van der Waals surface area contributed by atoms with Gasteiger partial charge in [-0.05, 0) is 54.7 Å². The molecule has 8 heteroatoms. The second kappa shape index (κ2) is 9.63. The molecular formula is C32H32N6OS. The number of rotatable bonds is 8. The van der Waals surface area contributed by atoms with Crippen molar-refractivity contribution in [1.82, 2.24) is 24.3 Å². The van der Waals surface area contributed by atoms with Crippen LogP contribution in [0.25, 0.3) is 27.8 Å². The summed E-state index contributed by atoms with van der Waals surface area (Å²) in [6.07, 6.45) is 15.1. The number of hydrogen-bond donors (Lipinski definition) is 2. The fourth-order valence-electron chi connectivity index (χ4n) is 6.18. The van der Waals surface area contributed by atoms with E-state index in [-0.39, 0.29) is 17.9 Å². The monoisotopic (exact) mass is 548 g/mol. The number of imidazole rings is 1. The zero-order valence-electron chi connectivity index (χ0n) is 22.3. The van der Waals surface area contributed by atoms with E-state index < -0.39 is 0 Å². The van der Waals surface area contributed by atoms with Crippen LogP contribution in [0, 0.1) is 5.92 Å². The molecule has 0 atom stereocenters. The average molecular weight is 549 g/mol. The number of fused-ring (bicyclic) bond motifs is 2. The van der Waals surface area contributed by atoms with E-state index in [1.807, 2.05) is 34.1 Å². The summed E-state index contributed by atoms with van der Waals surface area (Å²) in [6.45, 7) is 1.48. The second-order valence-corrected chi connectivity index (χ2v) is 12.3. The number of carbonyl (C=O) groups is 1. The number of benzene rings is 1. The first-order valence-electron chi connectivity index (χ1n) is 14.5. The van der Waals surface area contributed by atoms with Crippen molar-refractivity contribution >= 4 is 39.5 Å². The second-order valence-electron chi connectivity index (χ2n) is 11.5.